The van der Waals surface area contributed by atoms with Crippen LogP contribution in [-0.2, 0) is 15.1 Å². The summed E-state index contributed by atoms with van der Waals surface area (Å²) in [6.45, 7) is 1.42. The molecule has 0 spiro atoms. The molecule has 2 atom stereocenters. The van der Waals surface area contributed by atoms with Gasteiger partial charge in [0, 0.05) is 6.54 Å². The first-order valence-electron chi connectivity index (χ1n) is 11.0. The second-order valence-electron chi connectivity index (χ2n) is 8.54. The van der Waals surface area contributed by atoms with Crippen LogP contribution in [0.5, 0.6) is 0 Å². The molecule has 1 heterocycles. The highest BCUT2D eigenvalue weighted by Crippen LogP contribution is 2.56. The zero-order valence-corrected chi connectivity index (χ0v) is 17.8. The normalized spacial score (nSPS) is 21.5. The molecular formula is C27H28N2O2. The third kappa shape index (κ3) is 2.93. The predicted octanol–water partition coefficient (Wildman–Crippen LogP) is 4.17. The number of carbonyl (C=O) groups excluding carboxylic acids is 1. The van der Waals surface area contributed by atoms with Gasteiger partial charge in [0.25, 0.3) is 0 Å². The molecule has 0 amide bonds. The highest BCUT2D eigenvalue weighted by atomic mass is 16.5. The van der Waals surface area contributed by atoms with Crippen LogP contribution in [-0.4, -0.2) is 37.1 Å². The number of rotatable bonds is 5. The maximum Gasteiger partial charge on any atom is 0.323 e. The lowest BCUT2D eigenvalue weighted by molar-refractivity contribution is -0.147. The highest BCUT2D eigenvalue weighted by Gasteiger charge is 2.55. The van der Waals surface area contributed by atoms with E-state index in [1.807, 2.05) is 6.07 Å². The Kier molecular flexibility index (Phi) is 5.12. The highest BCUT2D eigenvalue weighted by molar-refractivity contribution is 5.84. The van der Waals surface area contributed by atoms with Crippen molar-refractivity contribution in [2.45, 2.75) is 24.4 Å². The Morgan fingerprint density at radius 1 is 0.968 bits per heavy atom. The molecule has 1 saturated heterocycles. The average molecular weight is 413 g/mol. The van der Waals surface area contributed by atoms with Crippen molar-refractivity contribution in [2.24, 2.45) is 11.7 Å². The summed E-state index contributed by atoms with van der Waals surface area (Å²) in [5.74, 6) is 0.186. The van der Waals surface area contributed by atoms with Crippen LogP contribution in [0.25, 0.3) is 11.1 Å². The van der Waals surface area contributed by atoms with Gasteiger partial charge in [-0.1, -0.05) is 78.9 Å². The van der Waals surface area contributed by atoms with Gasteiger partial charge in [-0.15, -0.1) is 0 Å². The summed E-state index contributed by atoms with van der Waals surface area (Å²) in [6.07, 6.45) is 1.67. The molecule has 0 radical (unpaired) electrons. The van der Waals surface area contributed by atoms with E-state index in [1.165, 1.54) is 34.9 Å². The molecule has 31 heavy (non-hydrogen) atoms. The van der Waals surface area contributed by atoms with Crippen LogP contribution in [0.3, 0.4) is 0 Å². The van der Waals surface area contributed by atoms with Gasteiger partial charge in [0.05, 0.1) is 12.6 Å². The number of nitrogens with zero attached hydrogens (tertiary/aromatic N) is 1. The van der Waals surface area contributed by atoms with Gasteiger partial charge in [-0.25, -0.2) is 0 Å². The summed E-state index contributed by atoms with van der Waals surface area (Å²) in [5.41, 5.74) is 11.5. The Hall–Kier alpha value is -2.95. The fourth-order valence-corrected chi connectivity index (χ4v) is 5.78. The smallest absolute Gasteiger partial charge is 0.323 e. The second-order valence-corrected chi connectivity index (χ2v) is 8.54. The van der Waals surface area contributed by atoms with Crippen molar-refractivity contribution in [2.75, 3.05) is 20.2 Å². The Balaban J connectivity index is 1.81. The van der Waals surface area contributed by atoms with Crippen molar-refractivity contribution >= 4 is 5.97 Å². The third-order valence-electron chi connectivity index (χ3n) is 6.98. The summed E-state index contributed by atoms with van der Waals surface area (Å²) in [5, 5.41) is 0. The first-order valence-corrected chi connectivity index (χ1v) is 11.0. The fraction of sp³-hybridized carbons (Fsp3) is 0.296. The van der Waals surface area contributed by atoms with Crippen LogP contribution in [0.4, 0.5) is 0 Å². The predicted molar refractivity (Wildman–Crippen MR) is 122 cm³/mol. The number of esters is 1. The molecule has 5 rings (SSSR count). The quantitative estimate of drug-likeness (QED) is 0.639. The van der Waals surface area contributed by atoms with Gasteiger partial charge >= 0.3 is 5.97 Å². The van der Waals surface area contributed by atoms with E-state index in [0.29, 0.717) is 12.5 Å². The topological polar surface area (TPSA) is 55.6 Å². The lowest BCUT2D eigenvalue weighted by atomic mass is 9.78. The van der Waals surface area contributed by atoms with Crippen LogP contribution in [0, 0.1) is 5.92 Å². The van der Waals surface area contributed by atoms with Gasteiger partial charge in [-0.2, -0.15) is 0 Å². The Labute approximate surface area is 183 Å². The summed E-state index contributed by atoms with van der Waals surface area (Å²) in [7, 11) is 1.49. The minimum atomic E-state index is -0.545. The summed E-state index contributed by atoms with van der Waals surface area (Å²) in [6, 6.07) is 27.5. The largest absolute Gasteiger partial charge is 0.468 e. The molecule has 1 unspecified atom stereocenters. The monoisotopic (exact) mass is 412 g/mol. The number of benzene rings is 3. The van der Waals surface area contributed by atoms with E-state index in [9.17, 15) is 4.79 Å². The second kappa shape index (κ2) is 7.95. The molecule has 1 aliphatic heterocycles. The molecule has 3 aromatic rings. The number of fused-ring (bicyclic) bond motifs is 3. The van der Waals surface area contributed by atoms with E-state index in [1.54, 1.807) is 0 Å². The lowest BCUT2D eigenvalue weighted by Gasteiger charge is -2.44. The minimum Gasteiger partial charge on any atom is -0.468 e. The number of likely N-dealkylation sites (tertiary alicyclic amines) is 1. The van der Waals surface area contributed by atoms with Crippen molar-refractivity contribution in [3.63, 3.8) is 0 Å². The molecule has 0 saturated carbocycles. The zero-order valence-electron chi connectivity index (χ0n) is 17.8. The molecule has 1 fully saturated rings. The van der Waals surface area contributed by atoms with Gasteiger partial charge in [0.1, 0.15) is 6.04 Å². The maximum atomic E-state index is 13.0. The molecule has 1 aliphatic carbocycles. The molecule has 0 aromatic heterocycles. The first-order chi connectivity index (χ1) is 15.2. The van der Waals surface area contributed by atoms with Gasteiger partial charge in [0.15, 0.2) is 0 Å². The third-order valence-corrected chi connectivity index (χ3v) is 6.98. The van der Waals surface area contributed by atoms with Crippen molar-refractivity contribution in [1.82, 2.24) is 4.90 Å². The summed E-state index contributed by atoms with van der Waals surface area (Å²) in [4.78, 5) is 15.4. The number of methoxy groups -OCH3 is 1. The van der Waals surface area contributed by atoms with Crippen LogP contribution in [0.1, 0.15) is 29.5 Å². The van der Waals surface area contributed by atoms with Crippen molar-refractivity contribution in [3.05, 3.63) is 95.6 Å². The molecule has 3 aromatic carbocycles. The lowest BCUT2D eigenvalue weighted by Crippen LogP contribution is -2.52. The van der Waals surface area contributed by atoms with E-state index < -0.39 is 5.54 Å². The number of carbonyl (C=O) groups is 1. The van der Waals surface area contributed by atoms with E-state index in [0.717, 1.165) is 19.4 Å². The van der Waals surface area contributed by atoms with Crippen molar-refractivity contribution in [1.29, 1.82) is 0 Å². The van der Waals surface area contributed by atoms with Gasteiger partial charge in [-0.3, -0.25) is 9.69 Å². The zero-order chi connectivity index (χ0) is 21.4. The molecule has 0 bridgehead atoms. The first kappa shape index (κ1) is 20.0. The SMILES string of the molecule is COC(=O)[C@@H]1CC(CCN)CN1C1(c2ccccc2)c2ccccc2-c2ccccc21. The number of hydrogen-bond donors (Lipinski definition) is 1. The standard InChI is InChI=1S/C27H28N2O2/c1-31-26(30)25-17-19(15-16-28)18-29(25)27(20-9-3-2-4-10-20)23-13-7-5-11-21(23)22-12-6-8-14-24(22)27/h2-14,19,25H,15-18,28H2,1H3/t19?,25-/m0/s1. The van der Waals surface area contributed by atoms with E-state index in [2.05, 4.69) is 77.7 Å². The van der Waals surface area contributed by atoms with Crippen LogP contribution < -0.4 is 5.73 Å². The Morgan fingerprint density at radius 2 is 1.55 bits per heavy atom. The van der Waals surface area contributed by atoms with Crippen LogP contribution in [0.15, 0.2) is 78.9 Å². The number of ether oxygens (including phenoxy) is 1. The van der Waals surface area contributed by atoms with Crippen molar-refractivity contribution in [3.8, 4) is 11.1 Å². The van der Waals surface area contributed by atoms with Gasteiger partial charge in [-0.05, 0) is 53.1 Å². The van der Waals surface area contributed by atoms with Gasteiger partial charge < -0.3 is 10.5 Å². The summed E-state index contributed by atoms with van der Waals surface area (Å²) >= 11 is 0. The number of hydrogen-bond acceptors (Lipinski definition) is 4. The van der Waals surface area contributed by atoms with Crippen molar-refractivity contribution < 1.29 is 9.53 Å². The fourth-order valence-electron chi connectivity index (χ4n) is 5.78. The van der Waals surface area contributed by atoms with E-state index in [-0.39, 0.29) is 12.0 Å². The van der Waals surface area contributed by atoms with Crippen LogP contribution >= 0.6 is 0 Å². The molecule has 158 valence electrons. The number of nitrogens with two attached hydrogens (primary N) is 1. The Bertz CT molecular complexity index is 1050. The van der Waals surface area contributed by atoms with E-state index in [4.69, 9.17) is 10.5 Å². The average Bonchev–Trinajstić information content (AvgIpc) is 3.37. The Morgan fingerprint density at radius 3 is 2.13 bits per heavy atom. The molecule has 2 aliphatic rings. The van der Waals surface area contributed by atoms with E-state index >= 15 is 0 Å². The molecule has 4 heteroatoms. The van der Waals surface area contributed by atoms with Crippen LogP contribution in [0.2, 0.25) is 0 Å². The maximum absolute atomic E-state index is 13.0. The molecular weight excluding hydrogens is 384 g/mol. The molecule has 4 nitrogen and oxygen atoms in total. The summed E-state index contributed by atoms with van der Waals surface area (Å²) < 4.78 is 5.30. The molecule has 2 N–H and O–H groups in total. The minimum absolute atomic E-state index is 0.170. The van der Waals surface area contributed by atoms with Gasteiger partial charge in [0.2, 0.25) is 0 Å².